The van der Waals surface area contributed by atoms with Crippen LogP contribution >= 0.6 is 0 Å². The van der Waals surface area contributed by atoms with Crippen LogP contribution in [0.2, 0.25) is 0 Å². The van der Waals surface area contributed by atoms with Gasteiger partial charge in [0.1, 0.15) is 5.82 Å². The van der Waals surface area contributed by atoms with Crippen molar-refractivity contribution in [3.8, 4) is 0 Å². The standard InChI is InChI=1S/C15H16F2N2O/c1-3-14(20)15-11(17)7-18-8-13(15)19-12-5-4-9(2)6-10(12)16/h4-7,18-19H,3,8H2,1-2H3. The average Bonchev–Trinajstić information content (AvgIpc) is 2.41. The second kappa shape index (κ2) is 5.86. The van der Waals surface area contributed by atoms with Crippen molar-refractivity contribution >= 4 is 11.5 Å². The van der Waals surface area contributed by atoms with Gasteiger partial charge in [0.05, 0.1) is 17.8 Å². The number of ketones is 1. The van der Waals surface area contributed by atoms with Crippen LogP contribution in [0.5, 0.6) is 0 Å². The molecular formula is C15H16F2N2O. The fourth-order valence-electron chi connectivity index (χ4n) is 2.02. The first-order valence-corrected chi connectivity index (χ1v) is 6.42. The van der Waals surface area contributed by atoms with E-state index in [9.17, 15) is 13.6 Å². The van der Waals surface area contributed by atoms with E-state index in [0.29, 0.717) is 5.70 Å². The number of allylic oxidation sites excluding steroid dienone is 2. The molecule has 3 nitrogen and oxygen atoms in total. The Hall–Kier alpha value is -2.17. The summed E-state index contributed by atoms with van der Waals surface area (Å²) in [6.07, 6.45) is 1.34. The maximum atomic E-state index is 13.8. The second-order valence-corrected chi connectivity index (χ2v) is 4.61. The van der Waals surface area contributed by atoms with Gasteiger partial charge in [0, 0.05) is 18.3 Å². The van der Waals surface area contributed by atoms with Crippen molar-refractivity contribution < 1.29 is 13.6 Å². The Morgan fingerprint density at radius 1 is 1.40 bits per heavy atom. The summed E-state index contributed by atoms with van der Waals surface area (Å²) in [7, 11) is 0. The number of nitrogens with one attached hydrogen (secondary N) is 2. The lowest BCUT2D eigenvalue weighted by atomic mass is 10.0. The molecular weight excluding hydrogens is 262 g/mol. The van der Waals surface area contributed by atoms with E-state index < -0.39 is 11.6 Å². The number of halogens is 2. The Morgan fingerprint density at radius 3 is 2.80 bits per heavy atom. The number of carbonyl (C=O) groups is 1. The third-order valence-corrected chi connectivity index (χ3v) is 3.06. The van der Waals surface area contributed by atoms with Gasteiger partial charge >= 0.3 is 0 Å². The molecule has 2 N–H and O–H groups in total. The van der Waals surface area contributed by atoms with E-state index in [1.165, 1.54) is 6.07 Å². The number of rotatable bonds is 4. The van der Waals surface area contributed by atoms with Gasteiger partial charge in [-0.05, 0) is 24.6 Å². The van der Waals surface area contributed by atoms with Gasteiger partial charge in [0.15, 0.2) is 11.6 Å². The fraction of sp³-hybridized carbons (Fsp3) is 0.267. The lowest BCUT2D eigenvalue weighted by Gasteiger charge is -2.20. The van der Waals surface area contributed by atoms with E-state index in [1.54, 1.807) is 26.0 Å². The Bertz CT molecular complexity index is 606. The number of benzene rings is 1. The predicted molar refractivity (Wildman–Crippen MR) is 74.3 cm³/mol. The van der Waals surface area contributed by atoms with Gasteiger partial charge in [-0.1, -0.05) is 13.0 Å². The molecule has 0 spiro atoms. The van der Waals surface area contributed by atoms with Crippen LogP contribution in [0, 0.1) is 12.7 Å². The highest BCUT2D eigenvalue weighted by molar-refractivity contribution is 6.00. The van der Waals surface area contributed by atoms with Gasteiger partial charge in [-0.2, -0.15) is 0 Å². The Balaban J connectivity index is 2.38. The predicted octanol–water partition coefficient (Wildman–Crippen LogP) is 3.19. The first kappa shape index (κ1) is 14.2. The summed E-state index contributed by atoms with van der Waals surface area (Å²) < 4.78 is 27.6. The van der Waals surface area contributed by atoms with Crippen LogP contribution in [0.3, 0.4) is 0 Å². The molecule has 0 radical (unpaired) electrons. The number of dihydropyridines is 1. The van der Waals surface area contributed by atoms with Crippen molar-refractivity contribution in [3.63, 3.8) is 0 Å². The summed E-state index contributed by atoms with van der Waals surface area (Å²) in [5.74, 6) is -1.37. The zero-order chi connectivity index (χ0) is 14.7. The minimum absolute atomic E-state index is 0.00812. The van der Waals surface area contributed by atoms with Gasteiger partial charge in [-0.25, -0.2) is 8.78 Å². The maximum Gasteiger partial charge on any atom is 0.167 e. The number of anilines is 1. The molecule has 2 rings (SSSR count). The number of carbonyl (C=O) groups excluding carboxylic acids is 1. The van der Waals surface area contributed by atoms with Crippen molar-refractivity contribution in [1.29, 1.82) is 0 Å². The molecule has 1 aromatic carbocycles. The van der Waals surface area contributed by atoms with Crippen LogP contribution in [0.4, 0.5) is 14.5 Å². The zero-order valence-electron chi connectivity index (χ0n) is 11.4. The normalized spacial score (nSPS) is 14.7. The highest BCUT2D eigenvalue weighted by atomic mass is 19.1. The van der Waals surface area contributed by atoms with Crippen LogP contribution in [-0.2, 0) is 4.79 Å². The molecule has 0 atom stereocenters. The monoisotopic (exact) mass is 278 g/mol. The Labute approximate surface area is 116 Å². The SMILES string of the molecule is CCC(=O)C1=C(Nc2ccc(C)cc2F)CNC=C1F. The third-order valence-electron chi connectivity index (χ3n) is 3.06. The fourth-order valence-corrected chi connectivity index (χ4v) is 2.02. The first-order valence-electron chi connectivity index (χ1n) is 6.42. The topological polar surface area (TPSA) is 41.1 Å². The number of aryl methyl sites for hydroxylation is 1. The molecule has 1 heterocycles. The van der Waals surface area contributed by atoms with Crippen LogP contribution in [0.15, 0.2) is 41.5 Å². The van der Waals surface area contributed by atoms with Gasteiger partial charge < -0.3 is 10.6 Å². The maximum absolute atomic E-state index is 13.8. The van der Waals surface area contributed by atoms with Crippen LogP contribution in [0.25, 0.3) is 0 Å². The molecule has 0 unspecified atom stereocenters. The molecule has 0 saturated carbocycles. The molecule has 0 saturated heterocycles. The van der Waals surface area contributed by atoms with Crippen LogP contribution in [-0.4, -0.2) is 12.3 Å². The molecule has 1 aliphatic rings. The van der Waals surface area contributed by atoms with Crippen molar-refractivity contribution in [1.82, 2.24) is 5.32 Å². The summed E-state index contributed by atoms with van der Waals surface area (Å²) >= 11 is 0. The van der Waals surface area contributed by atoms with Gasteiger partial charge in [0.2, 0.25) is 0 Å². The number of Topliss-reactive ketones (excluding diaryl/α,β-unsaturated/α-hetero) is 1. The smallest absolute Gasteiger partial charge is 0.167 e. The summed E-state index contributed by atoms with van der Waals surface area (Å²) in [5.41, 5.74) is 1.36. The lowest BCUT2D eigenvalue weighted by Crippen LogP contribution is -2.25. The summed E-state index contributed by atoms with van der Waals surface area (Å²) in [4.78, 5) is 11.8. The quantitative estimate of drug-likeness (QED) is 0.888. The molecule has 1 aliphatic heterocycles. The highest BCUT2D eigenvalue weighted by Gasteiger charge is 2.22. The van der Waals surface area contributed by atoms with E-state index >= 15 is 0 Å². The molecule has 20 heavy (non-hydrogen) atoms. The molecule has 0 bridgehead atoms. The van der Waals surface area contributed by atoms with Crippen molar-refractivity contribution in [2.24, 2.45) is 0 Å². The number of hydrogen-bond donors (Lipinski definition) is 2. The van der Waals surface area contributed by atoms with Gasteiger partial charge in [0.25, 0.3) is 0 Å². The zero-order valence-corrected chi connectivity index (χ0v) is 11.4. The van der Waals surface area contributed by atoms with Gasteiger partial charge in [-0.3, -0.25) is 4.79 Å². The highest BCUT2D eigenvalue weighted by Crippen LogP contribution is 2.24. The average molecular weight is 278 g/mol. The van der Waals surface area contributed by atoms with E-state index in [0.717, 1.165) is 11.8 Å². The molecule has 0 fully saturated rings. The van der Waals surface area contributed by atoms with Crippen molar-refractivity contribution in [3.05, 3.63) is 52.9 Å². The van der Waals surface area contributed by atoms with Crippen molar-refractivity contribution in [2.45, 2.75) is 20.3 Å². The van der Waals surface area contributed by atoms with Gasteiger partial charge in [-0.15, -0.1) is 0 Å². The minimum atomic E-state index is -0.627. The van der Waals surface area contributed by atoms with Crippen LogP contribution < -0.4 is 10.6 Å². The largest absolute Gasteiger partial charge is 0.383 e. The lowest BCUT2D eigenvalue weighted by molar-refractivity contribution is -0.115. The second-order valence-electron chi connectivity index (χ2n) is 4.61. The first-order chi connectivity index (χ1) is 9.52. The van der Waals surface area contributed by atoms with Crippen molar-refractivity contribution in [2.75, 3.05) is 11.9 Å². The minimum Gasteiger partial charge on any atom is -0.383 e. The van der Waals surface area contributed by atoms with E-state index in [2.05, 4.69) is 10.6 Å². The Morgan fingerprint density at radius 2 is 2.15 bits per heavy atom. The van der Waals surface area contributed by atoms with E-state index in [-0.39, 0.29) is 30.0 Å². The molecule has 106 valence electrons. The molecule has 0 aromatic heterocycles. The third kappa shape index (κ3) is 2.87. The van der Waals surface area contributed by atoms with E-state index in [1.807, 2.05) is 0 Å². The van der Waals surface area contributed by atoms with E-state index in [4.69, 9.17) is 0 Å². The molecule has 0 aliphatic carbocycles. The molecule has 5 heteroatoms. The summed E-state index contributed by atoms with van der Waals surface area (Å²) in [5, 5.41) is 5.53. The number of hydrogen-bond acceptors (Lipinski definition) is 3. The molecule has 1 aromatic rings. The van der Waals surface area contributed by atoms with Crippen LogP contribution in [0.1, 0.15) is 18.9 Å². The molecule has 0 amide bonds. The summed E-state index contributed by atoms with van der Waals surface area (Å²) in [6, 6.07) is 4.70. The summed E-state index contributed by atoms with van der Waals surface area (Å²) in [6.45, 7) is 3.69. The Kier molecular flexibility index (Phi) is 4.17.